The molecule has 1 unspecified atom stereocenters. The highest BCUT2D eigenvalue weighted by Gasteiger charge is 2.08. The number of nitrogens with one attached hydrogen (secondary N) is 1. The van der Waals surface area contributed by atoms with Crippen LogP contribution >= 0.6 is 0 Å². The number of hydrogen-bond donors (Lipinski definition) is 2. The summed E-state index contributed by atoms with van der Waals surface area (Å²) in [5.74, 6) is -0.110. The number of carbonyl (C=O) groups is 1. The van der Waals surface area contributed by atoms with Gasteiger partial charge in [0.15, 0.2) is 0 Å². The van der Waals surface area contributed by atoms with Gasteiger partial charge in [-0.1, -0.05) is 19.4 Å². The van der Waals surface area contributed by atoms with Crippen LogP contribution in [-0.2, 0) is 4.79 Å². The molecule has 0 aliphatic rings. The van der Waals surface area contributed by atoms with Gasteiger partial charge in [0.05, 0.1) is 11.6 Å². The number of carbonyl (C=O) groups excluding carboxylic acids is 1. The van der Waals surface area contributed by atoms with Gasteiger partial charge in [-0.05, 0) is 24.6 Å². The van der Waals surface area contributed by atoms with Crippen molar-refractivity contribution < 1.29 is 4.79 Å². The Bertz CT molecular complexity index is 423. The summed E-state index contributed by atoms with van der Waals surface area (Å²) in [5, 5.41) is 11.5. The lowest BCUT2D eigenvalue weighted by atomic mass is 10.1. The second-order valence-corrected chi connectivity index (χ2v) is 3.99. The average Bonchev–Trinajstić information content (AvgIpc) is 2.29. The van der Waals surface area contributed by atoms with Gasteiger partial charge < -0.3 is 11.1 Å². The molecule has 0 fully saturated rings. The smallest absolute Gasteiger partial charge is 0.225 e. The summed E-state index contributed by atoms with van der Waals surface area (Å²) in [6, 6.07) is 8.75. The minimum absolute atomic E-state index is 0.0980. The third-order valence-electron chi connectivity index (χ3n) is 2.38. The van der Waals surface area contributed by atoms with Gasteiger partial charge in [-0.25, -0.2) is 0 Å². The number of rotatable bonds is 5. The fraction of sp³-hybridized carbons (Fsp3) is 0.385. The van der Waals surface area contributed by atoms with Crippen LogP contribution in [-0.4, -0.2) is 11.9 Å². The summed E-state index contributed by atoms with van der Waals surface area (Å²) in [6.07, 6.45) is 2.12. The Balaban J connectivity index is 2.53. The molecule has 90 valence electrons. The maximum Gasteiger partial charge on any atom is 0.225 e. The monoisotopic (exact) mass is 231 g/mol. The number of amides is 1. The Labute approximate surface area is 101 Å². The van der Waals surface area contributed by atoms with E-state index in [1.807, 2.05) is 13.0 Å². The van der Waals surface area contributed by atoms with Gasteiger partial charge in [-0.3, -0.25) is 4.79 Å². The van der Waals surface area contributed by atoms with Crippen molar-refractivity contribution in [2.45, 2.75) is 32.2 Å². The summed E-state index contributed by atoms with van der Waals surface area (Å²) in [6.45, 7) is 2.04. The van der Waals surface area contributed by atoms with Crippen molar-refractivity contribution in [3.8, 4) is 6.07 Å². The van der Waals surface area contributed by atoms with Crippen LogP contribution < -0.4 is 11.1 Å². The van der Waals surface area contributed by atoms with Crippen LogP contribution in [0.1, 0.15) is 31.7 Å². The largest absolute Gasteiger partial charge is 0.327 e. The Morgan fingerprint density at radius 2 is 2.35 bits per heavy atom. The molecule has 1 amide bonds. The molecular weight excluding hydrogens is 214 g/mol. The minimum Gasteiger partial charge on any atom is -0.327 e. The van der Waals surface area contributed by atoms with Crippen LogP contribution in [0.5, 0.6) is 0 Å². The fourth-order valence-electron chi connectivity index (χ4n) is 1.59. The van der Waals surface area contributed by atoms with Crippen LogP contribution in [0.4, 0.5) is 5.69 Å². The first kappa shape index (κ1) is 13.2. The molecular formula is C13H17N3O. The molecule has 4 heteroatoms. The van der Waals surface area contributed by atoms with Crippen molar-refractivity contribution in [1.82, 2.24) is 0 Å². The van der Waals surface area contributed by atoms with E-state index in [-0.39, 0.29) is 11.9 Å². The van der Waals surface area contributed by atoms with E-state index < -0.39 is 0 Å². The molecule has 0 aliphatic carbocycles. The maximum absolute atomic E-state index is 11.6. The molecule has 17 heavy (non-hydrogen) atoms. The summed E-state index contributed by atoms with van der Waals surface area (Å²) in [7, 11) is 0. The van der Waals surface area contributed by atoms with Crippen molar-refractivity contribution in [2.75, 3.05) is 5.32 Å². The van der Waals surface area contributed by atoms with E-state index in [2.05, 4.69) is 5.32 Å². The van der Waals surface area contributed by atoms with Gasteiger partial charge in [0.1, 0.15) is 0 Å². The van der Waals surface area contributed by atoms with E-state index >= 15 is 0 Å². The average molecular weight is 231 g/mol. The van der Waals surface area contributed by atoms with Crippen molar-refractivity contribution in [2.24, 2.45) is 5.73 Å². The molecule has 0 bridgehead atoms. The van der Waals surface area contributed by atoms with E-state index in [0.29, 0.717) is 17.7 Å². The van der Waals surface area contributed by atoms with E-state index in [9.17, 15) is 4.79 Å². The SMILES string of the molecule is CCCC(N)CC(=O)Nc1cccc(C#N)c1. The predicted octanol–water partition coefficient (Wildman–Crippen LogP) is 2.01. The summed E-state index contributed by atoms with van der Waals surface area (Å²) < 4.78 is 0. The Morgan fingerprint density at radius 1 is 1.59 bits per heavy atom. The summed E-state index contributed by atoms with van der Waals surface area (Å²) >= 11 is 0. The van der Waals surface area contributed by atoms with Crippen molar-refractivity contribution in [3.63, 3.8) is 0 Å². The molecule has 0 heterocycles. The normalized spacial score (nSPS) is 11.6. The van der Waals surface area contributed by atoms with Gasteiger partial charge in [0.2, 0.25) is 5.91 Å². The highest BCUT2D eigenvalue weighted by Crippen LogP contribution is 2.10. The van der Waals surface area contributed by atoms with Crippen LogP contribution in [0.15, 0.2) is 24.3 Å². The first-order valence-electron chi connectivity index (χ1n) is 5.71. The Morgan fingerprint density at radius 3 is 3.00 bits per heavy atom. The topological polar surface area (TPSA) is 78.9 Å². The maximum atomic E-state index is 11.6. The van der Waals surface area contributed by atoms with Crippen molar-refractivity contribution in [1.29, 1.82) is 5.26 Å². The van der Waals surface area contributed by atoms with E-state index in [0.717, 1.165) is 12.8 Å². The molecule has 1 atom stereocenters. The lowest BCUT2D eigenvalue weighted by molar-refractivity contribution is -0.116. The first-order chi connectivity index (χ1) is 8.15. The van der Waals surface area contributed by atoms with Crippen molar-refractivity contribution in [3.05, 3.63) is 29.8 Å². The second-order valence-electron chi connectivity index (χ2n) is 3.99. The van der Waals surface area contributed by atoms with Gasteiger partial charge in [-0.15, -0.1) is 0 Å². The van der Waals surface area contributed by atoms with E-state index in [1.165, 1.54) is 0 Å². The highest BCUT2D eigenvalue weighted by atomic mass is 16.1. The third kappa shape index (κ3) is 4.66. The van der Waals surface area contributed by atoms with Crippen LogP contribution in [0.2, 0.25) is 0 Å². The van der Waals surface area contributed by atoms with E-state index in [4.69, 9.17) is 11.0 Å². The molecule has 0 spiro atoms. The van der Waals surface area contributed by atoms with Crippen LogP contribution in [0.3, 0.4) is 0 Å². The molecule has 0 saturated heterocycles. The summed E-state index contributed by atoms with van der Waals surface area (Å²) in [5.41, 5.74) is 6.95. The number of anilines is 1. The number of hydrogen-bond acceptors (Lipinski definition) is 3. The molecule has 4 nitrogen and oxygen atoms in total. The van der Waals surface area contributed by atoms with Crippen molar-refractivity contribution >= 4 is 11.6 Å². The van der Waals surface area contributed by atoms with Gasteiger partial charge in [0, 0.05) is 18.2 Å². The number of nitrogens with two attached hydrogens (primary N) is 1. The Kier molecular flexibility index (Phi) is 5.18. The van der Waals surface area contributed by atoms with Crippen LogP contribution in [0, 0.1) is 11.3 Å². The predicted molar refractivity (Wildman–Crippen MR) is 67.3 cm³/mol. The minimum atomic E-state index is -0.110. The quantitative estimate of drug-likeness (QED) is 0.813. The molecule has 1 rings (SSSR count). The number of nitriles is 1. The molecule has 1 aromatic rings. The second kappa shape index (κ2) is 6.66. The number of nitrogens with zero attached hydrogens (tertiary/aromatic N) is 1. The molecule has 0 aromatic heterocycles. The first-order valence-corrected chi connectivity index (χ1v) is 5.71. The van der Waals surface area contributed by atoms with Crippen LogP contribution in [0.25, 0.3) is 0 Å². The van der Waals surface area contributed by atoms with Gasteiger partial charge in [0.25, 0.3) is 0 Å². The number of benzene rings is 1. The molecule has 1 aromatic carbocycles. The fourth-order valence-corrected chi connectivity index (χ4v) is 1.59. The highest BCUT2D eigenvalue weighted by molar-refractivity contribution is 5.91. The molecule has 3 N–H and O–H groups in total. The third-order valence-corrected chi connectivity index (χ3v) is 2.38. The van der Waals surface area contributed by atoms with E-state index in [1.54, 1.807) is 24.3 Å². The Hall–Kier alpha value is -1.86. The standard InChI is InChI=1S/C13H17N3O/c1-2-4-11(15)8-13(17)16-12-6-3-5-10(7-12)9-14/h3,5-7,11H,2,4,8,15H2,1H3,(H,16,17). The summed E-state index contributed by atoms with van der Waals surface area (Å²) in [4.78, 5) is 11.6. The zero-order valence-electron chi connectivity index (χ0n) is 9.94. The molecule has 0 radical (unpaired) electrons. The van der Waals surface area contributed by atoms with Gasteiger partial charge >= 0.3 is 0 Å². The zero-order valence-corrected chi connectivity index (χ0v) is 9.94. The zero-order chi connectivity index (χ0) is 12.7. The molecule has 0 saturated carbocycles. The lowest BCUT2D eigenvalue weighted by Crippen LogP contribution is -2.26. The van der Waals surface area contributed by atoms with Gasteiger partial charge in [-0.2, -0.15) is 5.26 Å². The lowest BCUT2D eigenvalue weighted by Gasteiger charge is -2.10. The molecule has 0 aliphatic heterocycles.